The number of benzene rings is 1. The SMILES string of the molecule is Nc1c(F)cc(F)cc1NCCC1=CCCC1. The van der Waals surface area contributed by atoms with E-state index < -0.39 is 11.6 Å². The Morgan fingerprint density at radius 1 is 1.29 bits per heavy atom. The number of halogens is 2. The molecule has 0 atom stereocenters. The van der Waals surface area contributed by atoms with Crippen LogP contribution < -0.4 is 11.1 Å². The number of hydrogen-bond acceptors (Lipinski definition) is 2. The minimum atomic E-state index is -0.715. The highest BCUT2D eigenvalue weighted by atomic mass is 19.1. The van der Waals surface area contributed by atoms with E-state index in [1.54, 1.807) is 0 Å². The van der Waals surface area contributed by atoms with E-state index in [9.17, 15) is 8.78 Å². The normalized spacial score (nSPS) is 14.8. The quantitative estimate of drug-likeness (QED) is 0.622. The zero-order valence-electron chi connectivity index (χ0n) is 9.60. The number of allylic oxidation sites excluding steroid dienone is 1. The Morgan fingerprint density at radius 2 is 2.12 bits per heavy atom. The van der Waals surface area contributed by atoms with Crippen molar-refractivity contribution in [3.63, 3.8) is 0 Å². The lowest BCUT2D eigenvalue weighted by Gasteiger charge is -2.10. The molecule has 0 heterocycles. The predicted molar refractivity (Wildman–Crippen MR) is 65.8 cm³/mol. The van der Waals surface area contributed by atoms with E-state index in [0.29, 0.717) is 12.2 Å². The Labute approximate surface area is 99.5 Å². The average molecular weight is 238 g/mol. The van der Waals surface area contributed by atoms with Crippen molar-refractivity contribution in [1.29, 1.82) is 0 Å². The average Bonchev–Trinajstić information content (AvgIpc) is 2.78. The maximum Gasteiger partial charge on any atom is 0.151 e. The Balaban J connectivity index is 1.94. The van der Waals surface area contributed by atoms with Crippen molar-refractivity contribution in [3.05, 3.63) is 35.4 Å². The first kappa shape index (κ1) is 11.9. The summed E-state index contributed by atoms with van der Waals surface area (Å²) in [4.78, 5) is 0. The molecule has 1 aromatic rings. The second-order valence-corrected chi connectivity index (χ2v) is 4.28. The number of nitrogen functional groups attached to an aromatic ring is 1. The minimum absolute atomic E-state index is 0.0215. The van der Waals surface area contributed by atoms with Gasteiger partial charge in [0.1, 0.15) is 5.82 Å². The van der Waals surface area contributed by atoms with Crippen molar-refractivity contribution in [3.8, 4) is 0 Å². The van der Waals surface area contributed by atoms with Gasteiger partial charge in [0.2, 0.25) is 0 Å². The lowest BCUT2D eigenvalue weighted by atomic mass is 10.1. The van der Waals surface area contributed by atoms with Crippen LogP contribution in [-0.2, 0) is 0 Å². The summed E-state index contributed by atoms with van der Waals surface area (Å²) in [6.07, 6.45) is 6.63. The lowest BCUT2D eigenvalue weighted by molar-refractivity contribution is 0.587. The van der Waals surface area contributed by atoms with Gasteiger partial charge < -0.3 is 11.1 Å². The molecule has 4 heteroatoms. The molecule has 1 aliphatic carbocycles. The Hall–Kier alpha value is -1.58. The summed E-state index contributed by atoms with van der Waals surface area (Å²) in [5, 5.41) is 2.98. The number of anilines is 2. The van der Waals surface area contributed by atoms with Gasteiger partial charge in [-0.15, -0.1) is 0 Å². The second-order valence-electron chi connectivity index (χ2n) is 4.28. The van der Waals surface area contributed by atoms with Crippen LogP contribution in [-0.4, -0.2) is 6.54 Å². The highest BCUT2D eigenvalue weighted by molar-refractivity contribution is 5.66. The molecule has 0 unspecified atom stereocenters. The van der Waals surface area contributed by atoms with E-state index in [4.69, 9.17) is 5.73 Å². The molecule has 0 bridgehead atoms. The third-order valence-corrected chi connectivity index (χ3v) is 2.99. The van der Waals surface area contributed by atoms with E-state index in [-0.39, 0.29) is 5.69 Å². The molecule has 2 rings (SSSR count). The van der Waals surface area contributed by atoms with Crippen LogP contribution in [0.1, 0.15) is 25.7 Å². The molecular weight excluding hydrogens is 222 g/mol. The third-order valence-electron chi connectivity index (χ3n) is 2.99. The fraction of sp³-hybridized carbons (Fsp3) is 0.385. The summed E-state index contributed by atoms with van der Waals surface area (Å²) in [6.45, 7) is 0.652. The minimum Gasteiger partial charge on any atom is -0.395 e. The third kappa shape index (κ3) is 2.96. The first-order valence-electron chi connectivity index (χ1n) is 5.83. The van der Waals surface area contributed by atoms with Gasteiger partial charge in [-0.3, -0.25) is 0 Å². The van der Waals surface area contributed by atoms with E-state index in [0.717, 1.165) is 25.3 Å². The molecule has 0 spiro atoms. The fourth-order valence-corrected chi connectivity index (χ4v) is 2.05. The molecule has 3 N–H and O–H groups in total. The smallest absolute Gasteiger partial charge is 0.151 e. The number of rotatable bonds is 4. The topological polar surface area (TPSA) is 38.0 Å². The molecule has 17 heavy (non-hydrogen) atoms. The van der Waals surface area contributed by atoms with Gasteiger partial charge in [0, 0.05) is 12.6 Å². The maximum absolute atomic E-state index is 13.2. The van der Waals surface area contributed by atoms with Crippen molar-refractivity contribution < 1.29 is 8.78 Å². The fourth-order valence-electron chi connectivity index (χ4n) is 2.05. The van der Waals surface area contributed by atoms with Crippen molar-refractivity contribution in [1.82, 2.24) is 0 Å². The van der Waals surface area contributed by atoms with Crippen LogP contribution in [0.2, 0.25) is 0 Å². The van der Waals surface area contributed by atoms with Crippen molar-refractivity contribution >= 4 is 11.4 Å². The van der Waals surface area contributed by atoms with Crippen LogP contribution in [0.25, 0.3) is 0 Å². The highest BCUT2D eigenvalue weighted by Gasteiger charge is 2.08. The molecule has 0 aliphatic heterocycles. The first-order valence-corrected chi connectivity index (χ1v) is 5.83. The van der Waals surface area contributed by atoms with E-state index in [1.165, 1.54) is 18.1 Å². The lowest BCUT2D eigenvalue weighted by Crippen LogP contribution is -2.06. The summed E-state index contributed by atoms with van der Waals surface area (Å²) in [5.41, 5.74) is 7.25. The summed E-state index contributed by atoms with van der Waals surface area (Å²) >= 11 is 0. The van der Waals surface area contributed by atoms with Crippen LogP contribution >= 0.6 is 0 Å². The van der Waals surface area contributed by atoms with Gasteiger partial charge in [-0.2, -0.15) is 0 Å². The highest BCUT2D eigenvalue weighted by Crippen LogP contribution is 2.24. The number of nitrogens with one attached hydrogen (secondary N) is 1. The predicted octanol–water partition coefficient (Wildman–Crippen LogP) is 3.46. The molecule has 92 valence electrons. The van der Waals surface area contributed by atoms with Gasteiger partial charge in [0.25, 0.3) is 0 Å². The van der Waals surface area contributed by atoms with Gasteiger partial charge >= 0.3 is 0 Å². The molecule has 0 saturated carbocycles. The van der Waals surface area contributed by atoms with Crippen molar-refractivity contribution in [2.45, 2.75) is 25.7 Å². The maximum atomic E-state index is 13.2. The van der Waals surface area contributed by atoms with Crippen LogP contribution in [0.15, 0.2) is 23.8 Å². The van der Waals surface area contributed by atoms with Gasteiger partial charge in [-0.1, -0.05) is 11.6 Å². The Bertz CT molecular complexity index is 441. The van der Waals surface area contributed by atoms with Gasteiger partial charge in [-0.05, 0) is 31.7 Å². The molecule has 0 radical (unpaired) electrons. The monoisotopic (exact) mass is 238 g/mol. The molecule has 1 aliphatic rings. The molecule has 1 aromatic carbocycles. The molecular formula is C13H16F2N2. The molecule has 2 nitrogen and oxygen atoms in total. The van der Waals surface area contributed by atoms with E-state index >= 15 is 0 Å². The first-order chi connectivity index (χ1) is 8.16. The van der Waals surface area contributed by atoms with Crippen LogP contribution in [0.5, 0.6) is 0 Å². The summed E-state index contributed by atoms with van der Waals surface area (Å²) in [6, 6.07) is 2.02. The van der Waals surface area contributed by atoms with Crippen LogP contribution in [0.3, 0.4) is 0 Å². The molecule has 0 aromatic heterocycles. The number of hydrogen-bond donors (Lipinski definition) is 2. The molecule has 0 amide bonds. The van der Waals surface area contributed by atoms with Crippen LogP contribution in [0, 0.1) is 11.6 Å². The summed E-state index contributed by atoms with van der Waals surface area (Å²) in [7, 11) is 0. The second kappa shape index (κ2) is 5.17. The molecule has 0 saturated heterocycles. The van der Waals surface area contributed by atoms with Crippen molar-refractivity contribution in [2.24, 2.45) is 0 Å². The summed E-state index contributed by atoms with van der Waals surface area (Å²) in [5.74, 6) is -1.33. The zero-order chi connectivity index (χ0) is 12.3. The Morgan fingerprint density at radius 3 is 2.82 bits per heavy atom. The standard InChI is InChI=1S/C13H16F2N2/c14-10-7-11(15)13(16)12(8-10)17-6-5-9-3-1-2-4-9/h3,7-8,17H,1-2,4-6,16H2. The summed E-state index contributed by atoms with van der Waals surface area (Å²) < 4.78 is 26.1. The van der Waals surface area contributed by atoms with Crippen molar-refractivity contribution in [2.75, 3.05) is 17.6 Å². The van der Waals surface area contributed by atoms with Gasteiger partial charge in [-0.25, -0.2) is 8.78 Å². The van der Waals surface area contributed by atoms with E-state index in [1.807, 2.05) is 0 Å². The Kier molecular flexibility index (Phi) is 3.61. The number of nitrogens with two attached hydrogens (primary N) is 1. The largest absolute Gasteiger partial charge is 0.395 e. The zero-order valence-corrected chi connectivity index (χ0v) is 9.60. The van der Waals surface area contributed by atoms with Gasteiger partial charge in [0.15, 0.2) is 5.82 Å². The van der Waals surface area contributed by atoms with Gasteiger partial charge in [0.05, 0.1) is 11.4 Å². The van der Waals surface area contributed by atoms with E-state index in [2.05, 4.69) is 11.4 Å². The molecule has 0 fully saturated rings. The van der Waals surface area contributed by atoms with Crippen LogP contribution in [0.4, 0.5) is 20.2 Å².